The first kappa shape index (κ1) is 10.4. The average Bonchev–Trinajstić information content (AvgIpc) is 2.78. The predicted octanol–water partition coefficient (Wildman–Crippen LogP) is -0.0783. The fourth-order valence-corrected chi connectivity index (χ4v) is 1.56. The number of anilines is 1. The lowest BCUT2D eigenvalue weighted by atomic mass is 10.4. The Labute approximate surface area is 89.0 Å². The molecule has 0 spiro atoms. The van der Waals surface area contributed by atoms with E-state index in [2.05, 4.69) is 25.4 Å². The molecule has 1 aromatic heterocycles. The molecule has 1 atom stereocenters. The van der Waals surface area contributed by atoms with Crippen LogP contribution in [0.4, 0.5) is 5.95 Å². The maximum atomic E-state index is 5.17. The number of H-pyrrole nitrogens is 1. The Balaban J connectivity index is 2.05. The van der Waals surface area contributed by atoms with Gasteiger partial charge in [-0.05, 0) is 6.92 Å². The smallest absolute Gasteiger partial charge is 0.244 e. The summed E-state index contributed by atoms with van der Waals surface area (Å²) in [6, 6.07) is 0. The van der Waals surface area contributed by atoms with E-state index in [1.807, 2.05) is 6.92 Å². The monoisotopic (exact) mass is 211 g/mol. The normalized spacial score (nSPS) is 19.2. The Hall–Kier alpha value is -1.14. The second-order valence-electron chi connectivity index (χ2n) is 3.64. The molecule has 84 valence electrons. The lowest BCUT2D eigenvalue weighted by molar-refractivity contribution is 0.112. The summed E-state index contributed by atoms with van der Waals surface area (Å²) in [5.74, 6) is 1.56. The number of piperazine rings is 1. The quantitative estimate of drug-likeness (QED) is 0.732. The Morgan fingerprint density at radius 2 is 2.13 bits per heavy atom. The molecule has 1 unspecified atom stereocenters. The van der Waals surface area contributed by atoms with Gasteiger partial charge in [0.2, 0.25) is 5.95 Å². The van der Waals surface area contributed by atoms with Crippen LogP contribution in [0.3, 0.4) is 0 Å². The van der Waals surface area contributed by atoms with Crippen LogP contribution >= 0.6 is 0 Å². The summed E-state index contributed by atoms with van der Waals surface area (Å²) in [7, 11) is 1.66. The van der Waals surface area contributed by atoms with Crippen LogP contribution in [0, 0.1) is 0 Å². The van der Waals surface area contributed by atoms with E-state index < -0.39 is 0 Å². The Bertz CT molecular complexity index is 307. The summed E-state index contributed by atoms with van der Waals surface area (Å²) in [4.78, 5) is 6.58. The van der Waals surface area contributed by atoms with Crippen LogP contribution in [0.15, 0.2) is 0 Å². The van der Waals surface area contributed by atoms with Crippen molar-refractivity contribution < 1.29 is 4.74 Å². The van der Waals surface area contributed by atoms with Crippen molar-refractivity contribution in [1.82, 2.24) is 20.5 Å². The maximum absolute atomic E-state index is 5.17. The number of hydrogen-bond acceptors (Lipinski definition) is 5. The third kappa shape index (κ3) is 2.27. The average molecular weight is 211 g/mol. The standard InChI is InChI=1S/C9H17N5O/c1-7(15-2)8-11-9(13-12-8)14-5-3-10-4-6-14/h7,10H,3-6H2,1-2H3,(H,11,12,13). The van der Waals surface area contributed by atoms with E-state index >= 15 is 0 Å². The molecule has 6 nitrogen and oxygen atoms in total. The SMILES string of the molecule is COC(C)c1nc(N2CCNCC2)n[nH]1. The second kappa shape index (κ2) is 4.59. The van der Waals surface area contributed by atoms with E-state index in [1.165, 1.54) is 0 Å². The van der Waals surface area contributed by atoms with Crippen molar-refractivity contribution in [3.8, 4) is 0 Å². The second-order valence-corrected chi connectivity index (χ2v) is 3.64. The molecule has 1 aliphatic heterocycles. The molecule has 1 fully saturated rings. The van der Waals surface area contributed by atoms with Crippen LogP contribution < -0.4 is 10.2 Å². The van der Waals surface area contributed by atoms with Crippen LogP contribution in [-0.4, -0.2) is 48.5 Å². The van der Waals surface area contributed by atoms with Gasteiger partial charge in [0.15, 0.2) is 5.82 Å². The maximum Gasteiger partial charge on any atom is 0.244 e. The van der Waals surface area contributed by atoms with Gasteiger partial charge < -0.3 is 15.0 Å². The van der Waals surface area contributed by atoms with E-state index in [4.69, 9.17) is 4.74 Å². The largest absolute Gasteiger partial charge is 0.374 e. The molecule has 2 rings (SSSR count). The zero-order valence-electron chi connectivity index (χ0n) is 9.16. The Morgan fingerprint density at radius 3 is 2.80 bits per heavy atom. The van der Waals surface area contributed by atoms with Gasteiger partial charge in [0.25, 0.3) is 0 Å². The van der Waals surface area contributed by atoms with Gasteiger partial charge in [-0.3, -0.25) is 5.10 Å². The predicted molar refractivity (Wildman–Crippen MR) is 56.9 cm³/mol. The third-order valence-corrected chi connectivity index (χ3v) is 2.63. The summed E-state index contributed by atoms with van der Waals surface area (Å²) in [6.45, 7) is 5.84. The van der Waals surface area contributed by atoms with Crippen molar-refractivity contribution in [2.24, 2.45) is 0 Å². The van der Waals surface area contributed by atoms with Gasteiger partial charge >= 0.3 is 0 Å². The number of ether oxygens (including phenoxy) is 1. The molecule has 1 aliphatic rings. The van der Waals surface area contributed by atoms with Crippen molar-refractivity contribution in [3.05, 3.63) is 5.82 Å². The first-order chi connectivity index (χ1) is 7.31. The zero-order valence-corrected chi connectivity index (χ0v) is 9.16. The highest BCUT2D eigenvalue weighted by molar-refractivity contribution is 5.29. The van der Waals surface area contributed by atoms with Gasteiger partial charge in [-0.1, -0.05) is 0 Å². The molecule has 0 aliphatic carbocycles. The molecule has 2 N–H and O–H groups in total. The van der Waals surface area contributed by atoms with Crippen LogP contribution in [0.1, 0.15) is 18.9 Å². The van der Waals surface area contributed by atoms with Crippen LogP contribution in [0.25, 0.3) is 0 Å². The zero-order chi connectivity index (χ0) is 10.7. The molecule has 6 heteroatoms. The van der Waals surface area contributed by atoms with E-state index in [-0.39, 0.29) is 6.10 Å². The van der Waals surface area contributed by atoms with Gasteiger partial charge in [-0.25, -0.2) is 0 Å². The molecule has 0 saturated carbocycles. The van der Waals surface area contributed by atoms with Crippen molar-refractivity contribution in [3.63, 3.8) is 0 Å². The topological polar surface area (TPSA) is 66.1 Å². The number of aromatic amines is 1. The summed E-state index contributed by atoms with van der Waals surface area (Å²) in [5.41, 5.74) is 0. The van der Waals surface area contributed by atoms with Crippen LogP contribution in [0.2, 0.25) is 0 Å². The van der Waals surface area contributed by atoms with Crippen LogP contribution in [0.5, 0.6) is 0 Å². The summed E-state index contributed by atoms with van der Waals surface area (Å²) in [5, 5.41) is 10.4. The number of hydrogen-bond donors (Lipinski definition) is 2. The van der Waals surface area contributed by atoms with Crippen molar-refractivity contribution >= 4 is 5.95 Å². The number of rotatable bonds is 3. The highest BCUT2D eigenvalue weighted by Gasteiger charge is 2.16. The minimum atomic E-state index is -0.0332. The number of nitrogens with one attached hydrogen (secondary N) is 2. The summed E-state index contributed by atoms with van der Waals surface area (Å²) in [6.07, 6.45) is -0.0332. The number of methoxy groups -OCH3 is 1. The van der Waals surface area contributed by atoms with Gasteiger partial charge in [0.05, 0.1) is 0 Å². The first-order valence-corrected chi connectivity index (χ1v) is 5.22. The van der Waals surface area contributed by atoms with Crippen molar-refractivity contribution in [2.75, 3.05) is 38.2 Å². The molecular formula is C9H17N5O. The highest BCUT2D eigenvalue weighted by Crippen LogP contribution is 2.14. The molecule has 0 aromatic carbocycles. The summed E-state index contributed by atoms with van der Waals surface area (Å²) < 4.78 is 5.17. The lowest BCUT2D eigenvalue weighted by Crippen LogP contribution is -2.44. The minimum absolute atomic E-state index is 0.0332. The van der Waals surface area contributed by atoms with Gasteiger partial charge in [0, 0.05) is 33.3 Å². The molecule has 0 radical (unpaired) electrons. The molecule has 0 bridgehead atoms. The molecular weight excluding hydrogens is 194 g/mol. The fraction of sp³-hybridized carbons (Fsp3) is 0.778. The molecule has 1 saturated heterocycles. The van der Waals surface area contributed by atoms with E-state index in [0.717, 1.165) is 38.0 Å². The fourth-order valence-electron chi connectivity index (χ4n) is 1.56. The van der Waals surface area contributed by atoms with Gasteiger partial charge in [-0.15, -0.1) is 5.10 Å². The Kier molecular flexibility index (Phi) is 3.17. The first-order valence-electron chi connectivity index (χ1n) is 5.22. The van der Waals surface area contributed by atoms with Crippen molar-refractivity contribution in [2.45, 2.75) is 13.0 Å². The number of nitrogens with zero attached hydrogens (tertiary/aromatic N) is 3. The number of aromatic nitrogens is 3. The summed E-state index contributed by atoms with van der Waals surface area (Å²) >= 11 is 0. The molecule has 15 heavy (non-hydrogen) atoms. The molecule has 2 heterocycles. The van der Waals surface area contributed by atoms with Gasteiger partial charge in [-0.2, -0.15) is 4.98 Å². The molecule has 1 aromatic rings. The minimum Gasteiger partial charge on any atom is -0.374 e. The Morgan fingerprint density at radius 1 is 1.40 bits per heavy atom. The lowest BCUT2D eigenvalue weighted by Gasteiger charge is -2.25. The van der Waals surface area contributed by atoms with E-state index in [1.54, 1.807) is 7.11 Å². The molecule has 0 amide bonds. The third-order valence-electron chi connectivity index (χ3n) is 2.63. The van der Waals surface area contributed by atoms with Gasteiger partial charge in [0.1, 0.15) is 6.10 Å². The van der Waals surface area contributed by atoms with Crippen molar-refractivity contribution in [1.29, 1.82) is 0 Å². The van der Waals surface area contributed by atoms with Crippen LogP contribution in [-0.2, 0) is 4.74 Å². The van der Waals surface area contributed by atoms with E-state index in [0.29, 0.717) is 0 Å². The van der Waals surface area contributed by atoms with E-state index in [9.17, 15) is 0 Å². The highest BCUT2D eigenvalue weighted by atomic mass is 16.5.